The molecular formula is C22H22N4O3. The molecule has 0 bridgehead atoms. The van der Waals surface area contributed by atoms with Crippen LogP contribution in [0.25, 0.3) is 0 Å². The van der Waals surface area contributed by atoms with Crippen LogP contribution in [-0.2, 0) is 6.54 Å². The summed E-state index contributed by atoms with van der Waals surface area (Å²) in [4.78, 5) is 20.9. The highest BCUT2D eigenvalue weighted by Gasteiger charge is 2.14. The largest absolute Gasteiger partial charge is 0.454 e. The lowest BCUT2D eigenvalue weighted by Crippen LogP contribution is -2.24. The number of benzene rings is 2. The smallest absolute Gasteiger partial charge is 0.271 e. The predicted octanol–water partition coefficient (Wildman–Crippen LogP) is 3.80. The van der Waals surface area contributed by atoms with Gasteiger partial charge in [0.1, 0.15) is 11.5 Å². The fourth-order valence-electron chi connectivity index (χ4n) is 3.34. The van der Waals surface area contributed by atoms with E-state index in [1.807, 2.05) is 32.0 Å². The quantitative estimate of drug-likeness (QED) is 0.689. The lowest BCUT2D eigenvalue weighted by atomic mass is 10.1. The van der Waals surface area contributed by atoms with Gasteiger partial charge < -0.3 is 20.1 Å². The van der Waals surface area contributed by atoms with E-state index in [2.05, 4.69) is 39.7 Å². The van der Waals surface area contributed by atoms with Crippen molar-refractivity contribution in [1.82, 2.24) is 15.3 Å². The zero-order chi connectivity index (χ0) is 20.4. The number of ether oxygens (including phenoxy) is 2. The van der Waals surface area contributed by atoms with Crippen molar-refractivity contribution in [3.63, 3.8) is 0 Å². The Kier molecular flexibility index (Phi) is 5.03. The molecule has 7 nitrogen and oxygen atoms in total. The molecule has 1 aliphatic heterocycles. The van der Waals surface area contributed by atoms with Gasteiger partial charge in [-0.15, -0.1) is 0 Å². The maximum Gasteiger partial charge on any atom is 0.271 e. The van der Waals surface area contributed by atoms with E-state index < -0.39 is 0 Å². The van der Waals surface area contributed by atoms with Crippen molar-refractivity contribution in [1.29, 1.82) is 0 Å². The van der Waals surface area contributed by atoms with Crippen LogP contribution in [-0.4, -0.2) is 22.7 Å². The van der Waals surface area contributed by atoms with Crippen molar-refractivity contribution in [2.24, 2.45) is 0 Å². The highest BCUT2D eigenvalue weighted by molar-refractivity contribution is 5.92. The lowest BCUT2D eigenvalue weighted by molar-refractivity contribution is 0.0945. The second kappa shape index (κ2) is 7.79. The molecule has 1 aliphatic rings. The molecule has 0 atom stereocenters. The number of amides is 1. The second-order valence-corrected chi connectivity index (χ2v) is 7.06. The van der Waals surface area contributed by atoms with Crippen molar-refractivity contribution in [2.45, 2.75) is 27.3 Å². The molecule has 0 aliphatic carbocycles. The minimum Gasteiger partial charge on any atom is -0.454 e. The predicted molar refractivity (Wildman–Crippen MR) is 110 cm³/mol. The summed E-state index contributed by atoms with van der Waals surface area (Å²) in [5.41, 5.74) is 5.66. The number of nitrogens with zero attached hydrogens (tertiary/aromatic N) is 2. The Bertz CT molecular complexity index is 1040. The van der Waals surface area contributed by atoms with Crippen molar-refractivity contribution >= 4 is 17.4 Å². The first-order valence-corrected chi connectivity index (χ1v) is 9.33. The first-order valence-electron chi connectivity index (χ1n) is 9.33. The summed E-state index contributed by atoms with van der Waals surface area (Å²) < 4.78 is 10.6. The maximum atomic E-state index is 12.4. The maximum absolute atomic E-state index is 12.4. The number of fused-ring (bicyclic) bond motifs is 1. The van der Waals surface area contributed by atoms with E-state index in [-0.39, 0.29) is 18.4 Å². The molecule has 0 saturated carbocycles. The molecule has 2 heterocycles. The van der Waals surface area contributed by atoms with Crippen LogP contribution in [0.15, 0.2) is 42.7 Å². The molecule has 29 heavy (non-hydrogen) atoms. The third-order valence-corrected chi connectivity index (χ3v) is 4.70. The average molecular weight is 390 g/mol. The van der Waals surface area contributed by atoms with Gasteiger partial charge in [0, 0.05) is 12.2 Å². The van der Waals surface area contributed by atoms with Gasteiger partial charge in [0.2, 0.25) is 6.79 Å². The van der Waals surface area contributed by atoms with Crippen LogP contribution in [0.3, 0.4) is 0 Å². The summed E-state index contributed by atoms with van der Waals surface area (Å²) in [5.74, 6) is 1.71. The molecule has 2 N–H and O–H groups in total. The number of anilines is 2. The number of carbonyl (C=O) groups excluding carboxylic acids is 1. The Labute approximate surface area is 169 Å². The summed E-state index contributed by atoms with van der Waals surface area (Å²) in [6.45, 7) is 6.75. The Morgan fingerprint density at radius 1 is 1.00 bits per heavy atom. The van der Waals surface area contributed by atoms with Crippen molar-refractivity contribution in [3.05, 3.63) is 70.7 Å². The zero-order valence-corrected chi connectivity index (χ0v) is 16.6. The molecule has 148 valence electrons. The van der Waals surface area contributed by atoms with Crippen LogP contribution < -0.4 is 20.1 Å². The number of nitrogens with one attached hydrogen (secondary N) is 2. The van der Waals surface area contributed by atoms with E-state index in [0.29, 0.717) is 23.9 Å². The Morgan fingerprint density at radius 3 is 2.48 bits per heavy atom. The van der Waals surface area contributed by atoms with Crippen LogP contribution in [0.1, 0.15) is 32.7 Å². The molecule has 2 aromatic carbocycles. The monoisotopic (exact) mass is 390 g/mol. The van der Waals surface area contributed by atoms with Crippen LogP contribution >= 0.6 is 0 Å². The first kappa shape index (κ1) is 18.7. The van der Waals surface area contributed by atoms with E-state index in [9.17, 15) is 4.79 Å². The highest BCUT2D eigenvalue weighted by Crippen LogP contribution is 2.32. The molecule has 0 unspecified atom stereocenters. The molecule has 1 amide bonds. The van der Waals surface area contributed by atoms with E-state index in [0.717, 1.165) is 22.4 Å². The summed E-state index contributed by atoms with van der Waals surface area (Å²) in [6.07, 6.45) is 3.03. The number of hydrogen-bond donors (Lipinski definition) is 2. The molecule has 3 aromatic rings. The number of carbonyl (C=O) groups is 1. The van der Waals surface area contributed by atoms with Crippen LogP contribution in [0.2, 0.25) is 0 Å². The SMILES string of the molecule is Cc1cc(C)c(Nc2cnc(C(=O)NCc3ccc4c(c3)OCO4)cn2)c(C)c1. The van der Waals surface area contributed by atoms with Crippen molar-refractivity contribution in [3.8, 4) is 11.5 Å². The Balaban J connectivity index is 1.39. The third-order valence-electron chi connectivity index (χ3n) is 4.70. The first-order chi connectivity index (χ1) is 14.0. The fourth-order valence-corrected chi connectivity index (χ4v) is 3.34. The molecule has 4 rings (SSSR count). The van der Waals surface area contributed by atoms with E-state index in [4.69, 9.17) is 9.47 Å². The van der Waals surface area contributed by atoms with Gasteiger partial charge in [0.05, 0.1) is 12.4 Å². The topological polar surface area (TPSA) is 85.4 Å². The van der Waals surface area contributed by atoms with Gasteiger partial charge in [0.15, 0.2) is 11.5 Å². The second-order valence-electron chi connectivity index (χ2n) is 7.06. The lowest BCUT2D eigenvalue weighted by Gasteiger charge is -2.13. The standard InChI is InChI=1S/C22H22N4O3/c1-13-6-14(2)21(15(3)7-13)26-20-11-23-17(10-24-20)22(27)25-9-16-4-5-18-19(8-16)29-12-28-18/h4-8,10-11H,9,12H2,1-3H3,(H,24,26)(H,25,27). The minimum atomic E-state index is -0.288. The molecular weight excluding hydrogens is 368 g/mol. The molecule has 1 aromatic heterocycles. The zero-order valence-electron chi connectivity index (χ0n) is 16.6. The summed E-state index contributed by atoms with van der Waals surface area (Å²) in [5, 5.41) is 6.13. The molecule has 0 radical (unpaired) electrons. The number of rotatable bonds is 5. The Morgan fingerprint density at radius 2 is 1.76 bits per heavy atom. The normalized spacial score (nSPS) is 12.0. The molecule has 0 spiro atoms. The van der Waals surface area contributed by atoms with Crippen LogP contribution in [0, 0.1) is 20.8 Å². The summed E-state index contributed by atoms with van der Waals surface area (Å²) in [7, 11) is 0. The number of hydrogen-bond acceptors (Lipinski definition) is 6. The molecule has 0 fully saturated rings. The van der Waals surface area contributed by atoms with Crippen LogP contribution in [0.4, 0.5) is 11.5 Å². The van der Waals surface area contributed by atoms with Gasteiger partial charge in [-0.25, -0.2) is 9.97 Å². The number of aromatic nitrogens is 2. The van der Waals surface area contributed by atoms with Crippen molar-refractivity contribution < 1.29 is 14.3 Å². The van der Waals surface area contributed by atoms with Gasteiger partial charge in [0.25, 0.3) is 5.91 Å². The van der Waals surface area contributed by atoms with Crippen LogP contribution in [0.5, 0.6) is 11.5 Å². The van der Waals surface area contributed by atoms with Gasteiger partial charge in [-0.3, -0.25) is 4.79 Å². The van der Waals surface area contributed by atoms with Gasteiger partial charge >= 0.3 is 0 Å². The van der Waals surface area contributed by atoms with E-state index in [1.54, 1.807) is 6.20 Å². The summed E-state index contributed by atoms with van der Waals surface area (Å²) in [6, 6.07) is 9.80. The van der Waals surface area contributed by atoms with Gasteiger partial charge in [-0.1, -0.05) is 23.8 Å². The molecule has 7 heteroatoms. The van der Waals surface area contributed by atoms with E-state index in [1.165, 1.54) is 11.8 Å². The average Bonchev–Trinajstić information content (AvgIpc) is 3.17. The van der Waals surface area contributed by atoms with Gasteiger partial charge in [-0.2, -0.15) is 0 Å². The van der Waals surface area contributed by atoms with Gasteiger partial charge in [-0.05, 0) is 49.6 Å². The molecule has 0 saturated heterocycles. The van der Waals surface area contributed by atoms with Crippen molar-refractivity contribution in [2.75, 3.05) is 12.1 Å². The number of aryl methyl sites for hydroxylation is 3. The Hall–Kier alpha value is -3.61. The van der Waals surface area contributed by atoms with E-state index >= 15 is 0 Å². The highest BCUT2D eigenvalue weighted by atomic mass is 16.7. The summed E-state index contributed by atoms with van der Waals surface area (Å²) >= 11 is 0. The minimum absolute atomic E-state index is 0.225. The fraction of sp³-hybridized carbons (Fsp3) is 0.227. The third kappa shape index (κ3) is 4.13.